The van der Waals surface area contributed by atoms with Crippen molar-refractivity contribution in [3.63, 3.8) is 0 Å². The van der Waals surface area contributed by atoms with Crippen LogP contribution < -0.4 is 0 Å². The lowest BCUT2D eigenvalue weighted by atomic mass is 10.0. The molecule has 4 heteroatoms. The second-order valence-electron chi connectivity index (χ2n) is 3.77. The quantitative estimate of drug-likeness (QED) is 0.740. The number of fused-ring (bicyclic) bond motifs is 1. The Hall–Kier alpha value is -1.71. The number of hydrogen-bond donors (Lipinski definition) is 0. The lowest BCUT2D eigenvalue weighted by molar-refractivity contribution is 0.112. The lowest BCUT2D eigenvalue weighted by Gasteiger charge is -2.07. The number of pyridine rings is 1. The van der Waals surface area contributed by atoms with Gasteiger partial charge in [-0.3, -0.25) is 4.79 Å². The Bertz CT molecular complexity index is 543. The van der Waals surface area contributed by atoms with Crippen LogP contribution in [-0.4, -0.2) is 21.1 Å². The summed E-state index contributed by atoms with van der Waals surface area (Å²) < 4.78 is 1.86. The number of hydrogen-bond acceptors (Lipinski definition) is 3. The minimum atomic E-state index is 0.714. The summed E-state index contributed by atoms with van der Waals surface area (Å²) in [5, 5.41) is 5.24. The number of aryl methyl sites for hydroxylation is 3. The molecule has 84 valence electrons. The number of carbonyl (C=O) groups excluding carboxylic acids is 1. The Kier molecular flexibility index (Phi) is 2.73. The van der Waals surface area contributed by atoms with Gasteiger partial charge in [-0.1, -0.05) is 6.92 Å². The fraction of sp³-hybridized carbons (Fsp3) is 0.417. The molecule has 0 atom stereocenters. The summed E-state index contributed by atoms with van der Waals surface area (Å²) in [7, 11) is 0. The van der Waals surface area contributed by atoms with E-state index >= 15 is 0 Å². The zero-order valence-electron chi connectivity index (χ0n) is 9.82. The Morgan fingerprint density at radius 1 is 1.44 bits per heavy atom. The zero-order valence-corrected chi connectivity index (χ0v) is 9.82. The summed E-state index contributed by atoms with van der Waals surface area (Å²) in [6.45, 7) is 6.78. The molecule has 0 aromatic carbocycles. The smallest absolute Gasteiger partial charge is 0.158 e. The monoisotopic (exact) mass is 217 g/mol. The van der Waals surface area contributed by atoms with Crippen LogP contribution in [0.15, 0.2) is 6.20 Å². The molecule has 2 heterocycles. The first-order chi connectivity index (χ1) is 7.72. The van der Waals surface area contributed by atoms with Crippen LogP contribution in [0.3, 0.4) is 0 Å². The summed E-state index contributed by atoms with van der Waals surface area (Å²) in [5.74, 6) is 0. The van der Waals surface area contributed by atoms with E-state index in [1.165, 1.54) is 0 Å². The molecule has 0 saturated carbocycles. The Labute approximate surface area is 94.3 Å². The third-order valence-electron chi connectivity index (χ3n) is 2.92. The van der Waals surface area contributed by atoms with Crippen molar-refractivity contribution >= 4 is 17.3 Å². The maximum absolute atomic E-state index is 11.1. The predicted molar refractivity (Wildman–Crippen MR) is 62.7 cm³/mol. The van der Waals surface area contributed by atoms with Gasteiger partial charge in [-0.25, -0.2) is 9.67 Å². The normalized spacial score (nSPS) is 10.9. The first-order valence-electron chi connectivity index (χ1n) is 5.53. The van der Waals surface area contributed by atoms with Crippen LogP contribution in [-0.2, 0) is 13.0 Å². The van der Waals surface area contributed by atoms with Crippen LogP contribution in [0.4, 0.5) is 0 Å². The van der Waals surface area contributed by atoms with Gasteiger partial charge in [0.05, 0.1) is 11.9 Å². The molecule has 2 rings (SSSR count). The van der Waals surface area contributed by atoms with Crippen molar-refractivity contribution in [2.75, 3.05) is 0 Å². The fourth-order valence-corrected chi connectivity index (χ4v) is 1.97. The third kappa shape index (κ3) is 1.41. The molecular formula is C12H15N3O. The zero-order chi connectivity index (χ0) is 11.7. The number of rotatable bonds is 3. The average molecular weight is 217 g/mol. The predicted octanol–water partition coefficient (Wildman–Crippen LogP) is 2.13. The average Bonchev–Trinajstić information content (AvgIpc) is 2.71. The van der Waals surface area contributed by atoms with Gasteiger partial charge >= 0.3 is 0 Å². The second kappa shape index (κ2) is 4.04. The molecule has 16 heavy (non-hydrogen) atoms. The number of aldehydes is 1. The van der Waals surface area contributed by atoms with Crippen molar-refractivity contribution in [1.29, 1.82) is 0 Å². The van der Waals surface area contributed by atoms with Crippen LogP contribution >= 0.6 is 0 Å². The summed E-state index contributed by atoms with van der Waals surface area (Å²) in [6, 6.07) is 0. The molecule has 2 aromatic heterocycles. The van der Waals surface area contributed by atoms with Crippen molar-refractivity contribution in [1.82, 2.24) is 14.8 Å². The van der Waals surface area contributed by atoms with Gasteiger partial charge in [0.2, 0.25) is 0 Å². The molecule has 0 N–H and O–H groups in total. The van der Waals surface area contributed by atoms with Crippen LogP contribution in [0.2, 0.25) is 0 Å². The summed E-state index contributed by atoms with van der Waals surface area (Å²) in [5.41, 5.74) is 3.43. The van der Waals surface area contributed by atoms with Gasteiger partial charge in [0, 0.05) is 17.5 Å². The molecule has 0 bridgehead atoms. The molecule has 4 nitrogen and oxygen atoms in total. The van der Waals surface area contributed by atoms with Gasteiger partial charge in [-0.2, -0.15) is 5.10 Å². The molecule has 0 radical (unpaired) electrons. The van der Waals surface area contributed by atoms with Crippen LogP contribution in [0.1, 0.15) is 35.5 Å². The van der Waals surface area contributed by atoms with E-state index in [-0.39, 0.29) is 0 Å². The van der Waals surface area contributed by atoms with Gasteiger partial charge < -0.3 is 0 Å². The highest BCUT2D eigenvalue weighted by molar-refractivity contribution is 5.89. The highest BCUT2D eigenvalue weighted by Gasteiger charge is 2.13. The number of carbonyl (C=O) groups is 1. The molecule has 0 spiro atoms. The Balaban J connectivity index is 2.84. The van der Waals surface area contributed by atoms with Gasteiger partial charge in [0.25, 0.3) is 0 Å². The van der Waals surface area contributed by atoms with Crippen molar-refractivity contribution in [2.45, 2.75) is 33.7 Å². The van der Waals surface area contributed by atoms with E-state index < -0.39 is 0 Å². The third-order valence-corrected chi connectivity index (χ3v) is 2.92. The molecule has 2 aromatic rings. The van der Waals surface area contributed by atoms with E-state index in [1.54, 1.807) is 6.20 Å². The number of aromatic nitrogens is 3. The van der Waals surface area contributed by atoms with E-state index in [2.05, 4.69) is 10.1 Å². The standard InChI is InChI=1S/C12H15N3O/c1-4-11-10(7-16)8(3)9-6-13-15(5-2)12(9)14-11/h6-7H,4-5H2,1-3H3. The van der Waals surface area contributed by atoms with Crippen molar-refractivity contribution in [3.8, 4) is 0 Å². The maximum Gasteiger partial charge on any atom is 0.158 e. The van der Waals surface area contributed by atoms with E-state index in [4.69, 9.17) is 0 Å². The molecule has 0 unspecified atom stereocenters. The fourth-order valence-electron chi connectivity index (χ4n) is 1.97. The SMILES string of the molecule is CCc1nc2c(cnn2CC)c(C)c1C=O. The topological polar surface area (TPSA) is 47.8 Å². The van der Waals surface area contributed by atoms with Crippen LogP contribution in [0.25, 0.3) is 11.0 Å². The number of nitrogens with zero attached hydrogens (tertiary/aromatic N) is 3. The molecular weight excluding hydrogens is 202 g/mol. The summed E-state index contributed by atoms with van der Waals surface area (Å²) in [4.78, 5) is 15.6. The second-order valence-corrected chi connectivity index (χ2v) is 3.77. The highest BCUT2D eigenvalue weighted by Crippen LogP contribution is 2.21. The van der Waals surface area contributed by atoms with Gasteiger partial charge in [0.1, 0.15) is 0 Å². The maximum atomic E-state index is 11.1. The van der Waals surface area contributed by atoms with E-state index in [0.29, 0.717) is 5.56 Å². The molecule has 0 saturated heterocycles. The highest BCUT2D eigenvalue weighted by atomic mass is 16.1. The van der Waals surface area contributed by atoms with Crippen LogP contribution in [0.5, 0.6) is 0 Å². The molecule has 0 aliphatic rings. The van der Waals surface area contributed by atoms with E-state index in [0.717, 1.165) is 41.5 Å². The van der Waals surface area contributed by atoms with Crippen molar-refractivity contribution in [3.05, 3.63) is 23.0 Å². The first kappa shape index (κ1) is 10.8. The summed E-state index contributed by atoms with van der Waals surface area (Å²) in [6.07, 6.45) is 3.44. The molecule has 0 fully saturated rings. The van der Waals surface area contributed by atoms with Gasteiger partial charge in [-0.15, -0.1) is 0 Å². The first-order valence-corrected chi connectivity index (χ1v) is 5.53. The van der Waals surface area contributed by atoms with Crippen molar-refractivity contribution < 1.29 is 4.79 Å². The molecule has 0 aliphatic heterocycles. The largest absolute Gasteiger partial charge is 0.298 e. The van der Waals surface area contributed by atoms with Crippen LogP contribution in [0, 0.1) is 6.92 Å². The van der Waals surface area contributed by atoms with E-state index in [1.807, 2.05) is 25.5 Å². The Morgan fingerprint density at radius 2 is 2.19 bits per heavy atom. The minimum Gasteiger partial charge on any atom is -0.298 e. The molecule has 0 amide bonds. The summed E-state index contributed by atoms with van der Waals surface area (Å²) >= 11 is 0. The Morgan fingerprint density at radius 3 is 2.75 bits per heavy atom. The van der Waals surface area contributed by atoms with Crippen molar-refractivity contribution in [2.24, 2.45) is 0 Å². The van der Waals surface area contributed by atoms with Gasteiger partial charge in [0.15, 0.2) is 11.9 Å². The minimum absolute atomic E-state index is 0.714. The lowest BCUT2D eigenvalue weighted by Crippen LogP contribution is -2.03. The van der Waals surface area contributed by atoms with Gasteiger partial charge in [-0.05, 0) is 25.8 Å². The molecule has 0 aliphatic carbocycles. The van der Waals surface area contributed by atoms with E-state index in [9.17, 15) is 4.79 Å².